The fourth-order valence-corrected chi connectivity index (χ4v) is 3.72. The van der Waals surface area contributed by atoms with Crippen LogP contribution in [-0.4, -0.2) is 24.2 Å². The third kappa shape index (κ3) is 3.51. The Morgan fingerprint density at radius 3 is 2.76 bits per heavy atom. The average Bonchev–Trinajstić information content (AvgIpc) is 3.05. The van der Waals surface area contributed by atoms with Crippen LogP contribution in [0.4, 0.5) is 5.69 Å². The van der Waals surface area contributed by atoms with Gasteiger partial charge in [-0.15, -0.1) is 0 Å². The van der Waals surface area contributed by atoms with Crippen molar-refractivity contribution < 1.29 is 9.90 Å². The highest BCUT2D eigenvalue weighted by molar-refractivity contribution is 5.89. The number of carboxylic acid groups (broad SMARTS) is 1. The molecule has 128 valence electrons. The highest BCUT2D eigenvalue weighted by Crippen LogP contribution is 2.29. The second-order valence-corrected chi connectivity index (χ2v) is 6.83. The summed E-state index contributed by atoms with van der Waals surface area (Å²) in [6.07, 6.45) is 1.92. The number of anilines is 1. The Kier molecular flexibility index (Phi) is 4.76. The molecule has 0 aliphatic carbocycles. The maximum Gasteiger partial charge on any atom is 0.335 e. The van der Waals surface area contributed by atoms with Crippen LogP contribution in [0.1, 0.15) is 39.0 Å². The molecule has 0 bridgehead atoms. The predicted octanol–water partition coefficient (Wildman–Crippen LogP) is 3.94. The lowest BCUT2D eigenvalue weighted by Gasteiger charge is -2.20. The lowest BCUT2D eigenvalue weighted by Crippen LogP contribution is -2.21. The van der Waals surface area contributed by atoms with Gasteiger partial charge in [-0.1, -0.05) is 18.2 Å². The van der Waals surface area contributed by atoms with Crippen LogP contribution in [0.2, 0.25) is 0 Å². The zero-order valence-corrected chi connectivity index (χ0v) is 14.6. The van der Waals surface area contributed by atoms with Gasteiger partial charge in [-0.05, 0) is 67.5 Å². The van der Waals surface area contributed by atoms with Crippen LogP contribution in [0.3, 0.4) is 0 Å². The van der Waals surface area contributed by atoms with E-state index < -0.39 is 5.97 Å². The summed E-state index contributed by atoms with van der Waals surface area (Å²) in [6, 6.07) is 13.8. The average molecular weight is 334 g/mol. The molecule has 25 heavy (non-hydrogen) atoms. The topological polar surface area (TPSA) is 64.3 Å². The van der Waals surface area contributed by atoms with Crippen molar-refractivity contribution in [2.24, 2.45) is 5.92 Å². The largest absolute Gasteiger partial charge is 0.478 e. The summed E-state index contributed by atoms with van der Waals surface area (Å²) in [7, 11) is 0. The van der Waals surface area contributed by atoms with Gasteiger partial charge in [0.15, 0.2) is 0 Å². The number of nitrogens with zero attached hydrogens (tertiary/aromatic N) is 2. The highest BCUT2D eigenvalue weighted by atomic mass is 16.4. The van der Waals surface area contributed by atoms with Crippen molar-refractivity contribution in [3.63, 3.8) is 0 Å². The molecule has 0 radical (unpaired) electrons. The predicted molar refractivity (Wildman–Crippen MR) is 98.1 cm³/mol. The molecular formula is C21H22N2O2. The van der Waals surface area contributed by atoms with Gasteiger partial charge in [-0.25, -0.2) is 4.79 Å². The molecular weight excluding hydrogens is 312 g/mol. The summed E-state index contributed by atoms with van der Waals surface area (Å²) >= 11 is 0. The van der Waals surface area contributed by atoms with E-state index in [4.69, 9.17) is 0 Å². The first-order valence-electron chi connectivity index (χ1n) is 8.57. The molecule has 0 aromatic heterocycles. The maximum atomic E-state index is 11.4. The Labute approximate surface area is 148 Å². The van der Waals surface area contributed by atoms with Gasteiger partial charge in [0.2, 0.25) is 0 Å². The molecule has 0 saturated carbocycles. The smallest absolute Gasteiger partial charge is 0.335 e. The summed E-state index contributed by atoms with van der Waals surface area (Å²) in [5.41, 5.74) is 5.18. The molecule has 1 saturated heterocycles. The lowest BCUT2D eigenvalue weighted by molar-refractivity contribution is 0.0696. The molecule has 1 N–H and O–H groups in total. The van der Waals surface area contributed by atoms with Gasteiger partial charge in [0.05, 0.1) is 16.8 Å². The molecule has 2 aromatic rings. The molecule has 4 nitrogen and oxygen atoms in total. The molecule has 1 fully saturated rings. The molecule has 3 rings (SSSR count). The molecule has 4 heteroatoms. The molecule has 0 spiro atoms. The van der Waals surface area contributed by atoms with Crippen molar-refractivity contribution in [3.05, 3.63) is 64.2 Å². The zero-order valence-electron chi connectivity index (χ0n) is 14.6. The van der Waals surface area contributed by atoms with Gasteiger partial charge in [0.25, 0.3) is 0 Å². The standard InChI is InChI=1S/C21H22N2O2/c1-14-9-15(2)19(21(24)25)11-18(14)10-16-7-8-23(13-16)20-6-4-3-5-17(20)12-22/h3-6,9,11,16H,7-8,10,13H2,1-2H3,(H,24,25). The summed E-state index contributed by atoms with van der Waals surface area (Å²) < 4.78 is 0. The van der Waals surface area contributed by atoms with E-state index in [0.29, 0.717) is 17.0 Å². The number of benzene rings is 2. The third-order valence-electron chi connectivity index (χ3n) is 5.07. The van der Waals surface area contributed by atoms with Gasteiger partial charge in [0, 0.05) is 13.1 Å². The fraction of sp³-hybridized carbons (Fsp3) is 0.333. The number of hydrogen-bond donors (Lipinski definition) is 1. The van der Waals surface area contributed by atoms with Gasteiger partial charge in [-0.3, -0.25) is 0 Å². The normalized spacial score (nSPS) is 16.7. The summed E-state index contributed by atoms with van der Waals surface area (Å²) in [4.78, 5) is 13.7. The molecule has 1 aliphatic rings. The first-order chi connectivity index (χ1) is 12.0. The minimum atomic E-state index is -0.866. The van der Waals surface area contributed by atoms with Crippen molar-refractivity contribution in [2.45, 2.75) is 26.7 Å². The molecule has 2 aromatic carbocycles. The summed E-state index contributed by atoms with van der Waals surface area (Å²) in [5, 5.41) is 18.6. The molecule has 1 heterocycles. The number of rotatable bonds is 4. The lowest BCUT2D eigenvalue weighted by atomic mass is 9.92. The number of hydrogen-bond acceptors (Lipinski definition) is 3. The van der Waals surface area contributed by atoms with E-state index in [0.717, 1.165) is 48.3 Å². The van der Waals surface area contributed by atoms with Crippen LogP contribution in [0.25, 0.3) is 0 Å². The van der Waals surface area contributed by atoms with Crippen LogP contribution in [0.15, 0.2) is 36.4 Å². The minimum Gasteiger partial charge on any atom is -0.478 e. The van der Waals surface area contributed by atoms with E-state index in [-0.39, 0.29) is 0 Å². The van der Waals surface area contributed by atoms with E-state index in [9.17, 15) is 15.2 Å². The van der Waals surface area contributed by atoms with Crippen molar-refractivity contribution >= 4 is 11.7 Å². The Balaban J connectivity index is 1.77. The Morgan fingerprint density at radius 1 is 1.28 bits per heavy atom. The van der Waals surface area contributed by atoms with E-state index in [1.54, 1.807) is 0 Å². The van der Waals surface area contributed by atoms with Gasteiger partial charge < -0.3 is 10.0 Å². The molecule has 1 aliphatic heterocycles. The van der Waals surface area contributed by atoms with Crippen molar-refractivity contribution in [1.29, 1.82) is 5.26 Å². The number of carbonyl (C=O) groups is 1. The number of aryl methyl sites for hydroxylation is 2. The molecule has 1 atom stereocenters. The third-order valence-corrected chi connectivity index (χ3v) is 5.07. The number of para-hydroxylation sites is 1. The van der Waals surface area contributed by atoms with Gasteiger partial charge in [-0.2, -0.15) is 5.26 Å². The maximum absolute atomic E-state index is 11.4. The van der Waals surface area contributed by atoms with Crippen molar-refractivity contribution in [1.82, 2.24) is 0 Å². The second-order valence-electron chi connectivity index (χ2n) is 6.83. The molecule has 1 unspecified atom stereocenters. The summed E-state index contributed by atoms with van der Waals surface area (Å²) in [6.45, 7) is 5.72. The zero-order chi connectivity index (χ0) is 18.0. The highest BCUT2D eigenvalue weighted by Gasteiger charge is 2.25. The van der Waals surface area contributed by atoms with Gasteiger partial charge in [0.1, 0.15) is 6.07 Å². The Bertz CT molecular complexity index is 851. The fourth-order valence-electron chi connectivity index (χ4n) is 3.72. The van der Waals surface area contributed by atoms with E-state index in [2.05, 4.69) is 11.0 Å². The van der Waals surface area contributed by atoms with Crippen molar-refractivity contribution in [3.8, 4) is 6.07 Å². The number of aromatic carboxylic acids is 1. The SMILES string of the molecule is Cc1cc(C)c(C(=O)O)cc1CC1CCN(c2ccccc2C#N)C1. The van der Waals surface area contributed by atoms with Crippen LogP contribution >= 0.6 is 0 Å². The second kappa shape index (κ2) is 6.98. The number of carboxylic acids is 1. The Hall–Kier alpha value is -2.80. The Morgan fingerprint density at radius 2 is 2.04 bits per heavy atom. The van der Waals surface area contributed by atoms with Crippen LogP contribution < -0.4 is 4.90 Å². The first-order valence-corrected chi connectivity index (χ1v) is 8.57. The van der Waals surface area contributed by atoms with Crippen LogP contribution in [0, 0.1) is 31.1 Å². The van der Waals surface area contributed by atoms with Crippen molar-refractivity contribution in [2.75, 3.05) is 18.0 Å². The van der Waals surface area contributed by atoms with Gasteiger partial charge >= 0.3 is 5.97 Å². The van der Waals surface area contributed by atoms with E-state index in [1.165, 1.54) is 0 Å². The molecule has 0 amide bonds. The van der Waals surface area contributed by atoms with Crippen LogP contribution in [-0.2, 0) is 6.42 Å². The quantitative estimate of drug-likeness (QED) is 0.920. The first kappa shape index (κ1) is 17.0. The van der Waals surface area contributed by atoms with Crippen LogP contribution in [0.5, 0.6) is 0 Å². The van der Waals surface area contributed by atoms with E-state index >= 15 is 0 Å². The minimum absolute atomic E-state index is 0.394. The number of nitriles is 1. The summed E-state index contributed by atoms with van der Waals surface area (Å²) in [5.74, 6) is -0.399. The van der Waals surface area contributed by atoms with E-state index in [1.807, 2.05) is 50.2 Å². The monoisotopic (exact) mass is 334 g/mol.